The van der Waals surface area contributed by atoms with E-state index in [0.29, 0.717) is 11.4 Å². The molecule has 0 aromatic rings. The van der Waals surface area contributed by atoms with Crippen LogP contribution >= 0.6 is 0 Å². The fourth-order valence-electron chi connectivity index (χ4n) is 1.87. The molecule has 0 aliphatic heterocycles. The third-order valence-electron chi connectivity index (χ3n) is 2.80. The average Bonchev–Trinajstić information content (AvgIpc) is 2.38. The second kappa shape index (κ2) is 9.40. The van der Waals surface area contributed by atoms with Crippen molar-refractivity contribution in [2.45, 2.75) is 78.6 Å². The molecule has 150 valence electrons. The Balaban J connectivity index is 5.59. The summed E-state index contributed by atoms with van der Waals surface area (Å²) in [6.45, 7) is 11.6. The van der Waals surface area contributed by atoms with E-state index in [1.807, 2.05) is 0 Å². The number of amides is 3. The van der Waals surface area contributed by atoms with Gasteiger partial charge in [0.05, 0.1) is 0 Å². The normalized spacial score (nSPS) is 12.7. The first-order valence-corrected chi connectivity index (χ1v) is 8.42. The number of ether oxygens (including phenoxy) is 2. The predicted molar refractivity (Wildman–Crippen MR) is 93.6 cm³/mol. The minimum atomic E-state index is -1.60. The van der Waals surface area contributed by atoms with E-state index in [-0.39, 0.29) is 18.7 Å². The molecule has 0 aromatic heterocycles. The van der Waals surface area contributed by atoms with Crippen LogP contribution in [0.3, 0.4) is 0 Å². The second-order valence-electron chi connectivity index (χ2n) is 7.68. The van der Waals surface area contributed by atoms with Crippen LogP contribution in [0.25, 0.3) is 0 Å². The fourth-order valence-corrected chi connectivity index (χ4v) is 1.87. The lowest BCUT2D eigenvalue weighted by atomic mass is 10.1. The van der Waals surface area contributed by atoms with Crippen LogP contribution in [-0.4, -0.2) is 57.9 Å². The Labute approximate surface area is 154 Å². The van der Waals surface area contributed by atoms with Gasteiger partial charge in [0.15, 0.2) is 0 Å². The maximum Gasteiger partial charge on any atom is 0.420 e. The van der Waals surface area contributed by atoms with Gasteiger partial charge < -0.3 is 19.9 Å². The lowest BCUT2D eigenvalue weighted by Gasteiger charge is -2.31. The van der Waals surface area contributed by atoms with Crippen LogP contribution < -0.4 is 5.32 Å². The molecular weight excluding hydrogens is 344 g/mol. The van der Waals surface area contributed by atoms with Crippen LogP contribution in [0.1, 0.15) is 61.3 Å². The summed E-state index contributed by atoms with van der Waals surface area (Å²) in [5, 5.41) is 12.0. The quantitative estimate of drug-likeness (QED) is 0.732. The number of aliphatic carboxylic acids is 1. The molecule has 0 unspecified atom stereocenters. The second-order valence-corrected chi connectivity index (χ2v) is 7.68. The van der Waals surface area contributed by atoms with Gasteiger partial charge in [0, 0.05) is 13.0 Å². The molecule has 0 aliphatic carbocycles. The van der Waals surface area contributed by atoms with Crippen LogP contribution in [0.15, 0.2) is 0 Å². The van der Waals surface area contributed by atoms with Crippen LogP contribution in [0.2, 0.25) is 0 Å². The van der Waals surface area contributed by atoms with E-state index in [2.05, 4.69) is 5.32 Å². The summed E-state index contributed by atoms with van der Waals surface area (Å²) < 4.78 is 10.3. The van der Waals surface area contributed by atoms with Gasteiger partial charge in [-0.15, -0.1) is 0 Å². The molecule has 1 atom stereocenters. The van der Waals surface area contributed by atoms with E-state index in [1.54, 1.807) is 48.5 Å². The van der Waals surface area contributed by atoms with Gasteiger partial charge in [0.25, 0.3) is 0 Å². The van der Waals surface area contributed by atoms with Crippen molar-refractivity contribution in [3.05, 3.63) is 0 Å². The van der Waals surface area contributed by atoms with Crippen molar-refractivity contribution in [3.63, 3.8) is 0 Å². The molecule has 0 aromatic carbocycles. The summed E-state index contributed by atoms with van der Waals surface area (Å²) in [4.78, 5) is 48.6. The highest BCUT2D eigenvalue weighted by Gasteiger charge is 2.40. The Morgan fingerprint density at radius 3 is 1.69 bits per heavy atom. The Bertz CT molecular complexity index is 504. The van der Waals surface area contributed by atoms with E-state index in [0.717, 1.165) is 0 Å². The number of hydrogen-bond acceptors (Lipinski definition) is 6. The van der Waals surface area contributed by atoms with Crippen molar-refractivity contribution in [3.8, 4) is 0 Å². The summed E-state index contributed by atoms with van der Waals surface area (Å²) in [6.07, 6.45) is -2.72. The molecule has 0 rings (SSSR count). The monoisotopic (exact) mass is 374 g/mol. The van der Waals surface area contributed by atoms with E-state index < -0.39 is 35.4 Å². The highest BCUT2D eigenvalue weighted by molar-refractivity contribution is 5.94. The number of nitrogens with zero attached hydrogens (tertiary/aromatic N) is 1. The molecule has 0 saturated heterocycles. The van der Waals surface area contributed by atoms with Gasteiger partial charge in [-0.2, -0.15) is 4.90 Å². The van der Waals surface area contributed by atoms with Crippen LogP contribution in [0.5, 0.6) is 0 Å². The van der Waals surface area contributed by atoms with Gasteiger partial charge in [-0.25, -0.2) is 14.4 Å². The smallest absolute Gasteiger partial charge is 0.420 e. The number of carbonyl (C=O) groups is 4. The number of carboxylic acids is 1. The van der Waals surface area contributed by atoms with E-state index in [9.17, 15) is 24.3 Å². The number of carboxylic acid groups (broad SMARTS) is 1. The minimum Gasteiger partial charge on any atom is -0.480 e. The third kappa shape index (κ3) is 9.24. The first-order valence-electron chi connectivity index (χ1n) is 8.42. The standard InChI is InChI=1S/C17H30N2O7/c1-8-18-12(20)10-9-11(13(21)22)19(14(23)25-16(2,3)4)15(24)26-17(5,6)7/h11H,8-10H2,1-7H3,(H,18,20)(H,21,22)/t11-/m0/s1. The fraction of sp³-hybridized carbons (Fsp3) is 0.765. The largest absolute Gasteiger partial charge is 0.480 e. The number of rotatable bonds is 6. The molecule has 3 amide bonds. The molecule has 0 aliphatic rings. The lowest BCUT2D eigenvalue weighted by Crippen LogP contribution is -2.52. The highest BCUT2D eigenvalue weighted by atomic mass is 16.6. The van der Waals surface area contributed by atoms with Crippen LogP contribution in [-0.2, 0) is 19.1 Å². The van der Waals surface area contributed by atoms with Gasteiger partial charge in [0.2, 0.25) is 5.91 Å². The zero-order chi connectivity index (χ0) is 20.7. The van der Waals surface area contributed by atoms with Crippen molar-refractivity contribution < 1.29 is 33.8 Å². The SMILES string of the molecule is CCNC(=O)CC[C@@H](C(=O)O)N(C(=O)OC(C)(C)C)C(=O)OC(C)(C)C. The molecule has 0 fully saturated rings. The topological polar surface area (TPSA) is 122 Å². The first-order chi connectivity index (χ1) is 11.7. The molecule has 0 saturated carbocycles. The lowest BCUT2D eigenvalue weighted by molar-refractivity contribution is -0.143. The molecule has 0 heterocycles. The number of imide groups is 1. The summed E-state index contributed by atoms with van der Waals surface area (Å²) in [5.74, 6) is -1.82. The van der Waals surface area contributed by atoms with Gasteiger partial charge in [-0.05, 0) is 54.9 Å². The number of carbonyl (C=O) groups excluding carboxylic acids is 3. The van der Waals surface area contributed by atoms with Crippen molar-refractivity contribution in [2.24, 2.45) is 0 Å². The zero-order valence-electron chi connectivity index (χ0n) is 16.5. The van der Waals surface area contributed by atoms with Crippen LogP contribution in [0, 0.1) is 0 Å². The first kappa shape index (κ1) is 23.7. The molecule has 26 heavy (non-hydrogen) atoms. The molecule has 9 heteroatoms. The summed E-state index contributed by atoms with van der Waals surface area (Å²) in [5.41, 5.74) is -1.89. The van der Waals surface area contributed by atoms with E-state index >= 15 is 0 Å². The minimum absolute atomic E-state index is 0.174. The Morgan fingerprint density at radius 1 is 0.962 bits per heavy atom. The highest BCUT2D eigenvalue weighted by Crippen LogP contribution is 2.19. The van der Waals surface area contributed by atoms with Crippen molar-refractivity contribution >= 4 is 24.1 Å². The van der Waals surface area contributed by atoms with E-state index in [4.69, 9.17) is 9.47 Å². The van der Waals surface area contributed by atoms with Crippen molar-refractivity contribution in [2.75, 3.05) is 6.54 Å². The molecule has 2 N–H and O–H groups in total. The Morgan fingerprint density at radius 2 is 1.38 bits per heavy atom. The number of hydrogen-bond donors (Lipinski definition) is 2. The molecular formula is C17H30N2O7. The molecule has 9 nitrogen and oxygen atoms in total. The summed E-state index contributed by atoms with van der Waals surface area (Å²) >= 11 is 0. The van der Waals surface area contributed by atoms with Crippen molar-refractivity contribution in [1.29, 1.82) is 0 Å². The maximum atomic E-state index is 12.4. The van der Waals surface area contributed by atoms with E-state index in [1.165, 1.54) is 0 Å². The Hall–Kier alpha value is -2.32. The molecule has 0 bridgehead atoms. The van der Waals surface area contributed by atoms with Crippen LogP contribution in [0.4, 0.5) is 9.59 Å². The van der Waals surface area contributed by atoms with Gasteiger partial charge in [-0.1, -0.05) is 0 Å². The summed E-state index contributed by atoms with van der Waals surface area (Å²) in [6, 6.07) is -1.60. The molecule has 0 spiro atoms. The predicted octanol–water partition coefficient (Wildman–Crippen LogP) is 2.53. The summed E-state index contributed by atoms with van der Waals surface area (Å²) in [7, 11) is 0. The maximum absolute atomic E-state index is 12.4. The third-order valence-corrected chi connectivity index (χ3v) is 2.80. The van der Waals surface area contributed by atoms with Gasteiger partial charge in [0.1, 0.15) is 17.2 Å². The van der Waals surface area contributed by atoms with Gasteiger partial charge in [-0.3, -0.25) is 4.79 Å². The Kier molecular flexibility index (Phi) is 8.56. The van der Waals surface area contributed by atoms with Gasteiger partial charge >= 0.3 is 18.2 Å². The number of nitrogens with one attached hydrogen (secondary N) is 1. The zero-order valence-corrected chi connectivity index (χ0v) is 16.5. The van der Waals surface area contributed by atoms with Crippen molar-refractivity contribution in [1.82, 2.24) is 10.2 Å². The molecule has 0 radical (unpaired) electrons. The average molecular weight is 374 g/mol.